The number of aromatic nitrogens is 1. The van der Waals surface area contributed by atoms with Crippen molar-refractivity contribution >= 4 is 21.2 Å². The molecule has 0 unspecified atom stereocenters. The number of nitrogens with zero attached hydrogens (tertiary/aromatic N) is 2. The molecular weight excluding hydrogens is 376 g/mol. The van der Waals surface area contributed by atoms with Gasteiger partial charge in [-0.15, -0.1) is 11.3 Å². The van der Waals surface area contributed by atoms with Crippen molar-refractivity contribution in [3.05, 3.63) is 70.2 Å². The first-order chi connectivity index (χ1) is 13.0. The summed E-state index contributed by atoms with van der Waals surface area (Å²) in [4.78, 5) is 9.59. The van der Waals surface area contributed by atoms with E-state index in [1.807, 2.05) is 24.4 Å². The molecule has 2 atom stereocenters. The van der Waals surface area contributed by atoms with E-state index >= 15 is 0 Å². The van der Waals surface area contributed by atoms with Crippen molar-refractivity contribution in [3.63, 3.8) is 0 Å². The third-order valence-electron chi connectivity index (χ3n) is 5.63. The minimum Gasteiger partial charge on any atom is -0.296 e. The molecule has 0 spiro atoms. The molecule has 0 amide bonds. The van der Waals surface area contributed by atoms with Gasteiger partial charge in [-0.05, 0) is 53.9 Å². The van der Waals surface area contributed by atoms with Gasteiger partial charge in [0.2, 0.25) is 0 Å². The standard InChI is InChI=1S/C21H20N2O2S2/c1-14-4-6-17(26-14)11-23-12-19-18-9-15(16-3-2-8-22-10-16)5-7-20(18)27(24,25)21(19)13-23/h2-10,19,21H,11-13H2,1H3/t19-,21+/m1/s1. The number of sulfone groups is 1. The number of pyridine rings is 1. The Balaban J connectivity index is 1.48. The van der Waals surface area contributed by atoms with Crippen LogP contribution >= 0.6 is 11.3 Å². The Bertz CT molecular complexity index is 1110. The lowest BCUT2D eigenvalue weighted by Gasteiger charge is -2.16. The molecule has 1 saturated heterocycles. The molecule has 27 heavy (non-hydrogen) atoms. The van der Waals surface area contributed by atoms with Gasteiger partial charge in [0, 0.05) is 47.7 Å². The average Bonchev–Trinajstić information content (AvgIpc) is 3.33. The molecule has 3 aromatic rings. The Kier molecular flexibility index (Phi) is 3.96. The van der Waals surface area contributed by atoms with E-state index < -0.39 is 9.84 Å². The van der Waals surface area contributed by atoms with Crippen LogP contribution in [0.3, 0.4) is 0 Å². The smallest absolute Gasteiger partial charge is 0.183 e. The van der Waals surface area contributed by atoms with Crippen molar-refractivity contribution in [2.45, 2.75) is 29.5 Å². The van der Waals surface area contributed by atoms with E-state index in [0.29, 0.717) is 11.4 Å². The van der Waals surface area contributed by atoms with Gasteiger partial charge in [-0.3, -0.25) is 9.88 Å². The van der Waals surface area contributed by atoms with E-state index in [9.17, 15) is 8.42 Å². The Hall–Kier alpha value is -2.02. The van der Waals surface area contributed by atoms with Crippen molar-refractivity contribution < 1.29 is 8.42 Å². The highest BCUT2D eigenvalue weighted by atomic mass is 32.2. The lowest BCUT2D eigenvalue weighted by molar-refractivity contribution is 0.328. The third kappa shape index (κ3) is 2.83. The first-order valence-corrected chi connectivity index (χ1v) is 11.4. The maximum Gasteiger partial charge on any atom is 0.183 e. The minimum atomic E-state index is -3.26. The average molecular weight is 397 g/mol. The van der Waals surface area contributed by atoms with Crippen molar-refractivity contribution in [1.82, 2.24) is 9.88 Å². The Labute approximate surface area is 163 Å². The predicted molar refractivity (Wildman–Crippen MR) is 108 cm³/mol. The number of aryl methyl sites for hydroxylation is 1. The molecule has 0 bridgehead atoms. The second kappa shape index (κ2) is 6.26. The summed E-state index contributed by atoms with van der Waals surface area (Å²) in [5.74, 6) is 0.0580. The van der Waals surface area contributed by atoms with Crippen molar-refractivity contribution in [1.29, 1.82) is 0 Å². The van der Waals surface area contributed by atoms with E-state index in [1.54, 1.807) is 23.6 Å². The molecule has 1 fully saturated rings. The van der Waals surface area contributed by atoms with Crippen LogP contribution in [0.2, 0.25) is 0 Å². The maximum absolute atomic E-state index is 13.1. The summed E-state index contributed by atoms with van der Waals surface area (Å²) in [5.41, 5.74) is 3.03. The van der Waals surface area contributed by atoms with Crippen LogP contribution in [0.15, 0.2) is 59.8 Å². The Morgan fingerprint density at radius 2 is 2.04 bits per heavy atom. The molecule has 1 aromatic carbocycles. The van der Waals surface area contributed by atoms with E-state index in [4.69, 9.17) is 0 Å². The quantitative estimate of drug-likeness (QED) is 0.674. The summed E-state index contributed by atoms with van der Waals surface area (Å²) in [5, 5.41) is -0.322. The number of hydrogen-bond donors (Lipinski definition) is 0. The van der Waals surface area contributed by atoms with Gasteiger partial charge in [0.05, 0.1) is 10.1 Å². The van der Waals surface area contributed by atoms with E-state index in [-0.39, 0.29) is 11.2 Å². The number of benzene rings is 1. The molecule has 4 nitrogen and oxygen atoms in total. The van der Waals surface area contributed by atoms with Gasteiger partial charge in [0.25, 0.3) is 0 Å². The molecular formula is C21H20N2O2S2. The van der Waals surface area contributed by atoms with Crippen LogP contribution in [-0.4, -0.2) is 36.6 Å². The van der Waals surface area contributed by atoms with Crippen LogP contribution in [0.1, 0.15) is 21.2 Å². The lowest BCUT2D eigenvalue weighted by atomic mass is 9.95. The van der Waals surface area contributed by atoms with E-state index in [1.165, 1.54) is 9.75 Å². The highest BCUT2D eigenvalue weighted by Gasteiger charge is 2.50. The largest absolute Gasteiger partial charge is 0.296 e. The summed E-state index contributed by atoms with van der Waals surface area (Å²) >= 11 is 1.79. The fourth-order valence-corrected chi connectivity index (χ4v) is 7.49. The molecule has 2 aliphatic heterocycles. The highest BCUT2D eigenvalue weighted by Crippen LogP contribution is 2.46. The predicted octanol–water partition coefficient (Wildman–Crippen LogP) is 3.87. The van der Waals surface area contributed by atoms with Crippen LogP contribution in [0.4, 0.5) is 0 Å². The first-order valence-electron chi connectivity index (χ1n) is 9.08. The summed E-state index contributed by atoms with van der Waals surface area (Å²) < 4.78 is 26.2. The summed E-state index contributed by atoms with van der Waals surface area (Å²) in [6.07, 6.45) is 3.57. The number of fused-ring (bicyclic) bond motifs is 3. The topological polar surface area (TPSA) is 50.3 Å². The van der Waals surface area contributed by atoms with Crippen molar-refractivity contribution in [2.75, 3.05) is 13.1 Å². The summed E-state index contributed by atoms with van der Waals surface area (Å²) in [6, 6.07) is 13.9. The van der Waals surface area contributed by atoms with Crippen LogP contribution < -0.4 is 0 Å². The fourth-order valence-electron chi connectivity index (χ4n) is 4.36. The van der Waals surface area contributed by atoms with Crippen molar-refractivity contribution in [2.24, 2.45) is 0 Å². The molecule has 4 heterocycles. The molecule has 138 valence electrons. The number of thiophene rings is 1. The number of rotatable bonds is 3. The van der Waals surface area contributed by atoms with Crippen LogP contribution in [0, 0.1) is 6.92 Å². The van der Waals surface area contributed by atoms with Crippen molar-refractivity contribution in [3.8, 4) is 11.1 Å². The monoisotopic (exact) mass is 396 g/mol. The molecule has 5 rings (SSSR count). The third-order valence-corrected chi connectivity index (χ3v) is 8.87. The van der Waals surface area contributed by atoms with Gasteiger partial charge in [0.1, 0.15) is 0 Å². The SMILES string of the molecule is Cc1ccc(CN2C[C@@H]3c4cc(-c5cccnc5)ccc4S(=O)(=O)[C@H]3C2)s1. The molecule has 0 aliphatic carbocycles. The van der Waals surface area contributed by atoms with Crippen LogP contribution in [-0.2, 0) is 16.4 Å². The number of likely N-dealkylation sites (tertiary alicyclic amines) is 1. The molecule has 6 heteroatoms. The zero-order chi connectivity index (χ0) is 18.6. The molecule has 2 aliphatic rings. The zero-order valence-electron chi connectivity index (χ0n) is 15.0. The van der Waals surface area contributed by atoms with Crippen LogP contribution in [0.25, 0.3) is 11.1 Å². The second-order valence-electron chi connectivity index (χ2n) is 7.39. The van der Waals surface area contributed by atoms with Gasteiger partial charge < -0.3 is 0 Å². The van der Waals surface area contributed by atoms with Gasteiger partial charge in [-0.25, -0.2) is 8.42 Å². The molecule has 0 saturated carbocycles. The normalized spacial score (nSPS) is 23.3. The molecule has 0 N–H and O–H groups in total. The lowest BCUT2D eigenvalue weighted by Crippen LogP contribution is -2.25. The number of hydrogen-bond acceptors (Lipinski definition) is 5. The maximum atomic E-state index is 13.1. The Morgan fingerprint density at radius 3 is 2.78 bits per heavy atom. The van der Waals surface area contributed by atoms with Gasteiger partial charge in [-0.1, -0.05) is 12.1 Å². The zero-order valence-corrected chi connectivity index (χ0v) is 16.6. The highest BCUT2D eigenvalue weighted by molar-refractivity contribution is 7.92. The first kappa shape index (κ1) is 17.1. The van der Waals surface area contributed by atoms with Crippen LogP contribution in [0.5, 0.6) is 0 Å². The second-order valence-corrected chi connectivity index (χ2v) is 10.9. The molecule has 0 radical (unpaired) electrons. The summed E-state index contributed by atoms with van der Waals surface area (Å²) in [6.45, 7) is 4.34. The Morgan fingerprint density at radius 1 is 1.15 bits per heavy atom. The fraction of sp³-hybridized carbons (Fsp3) is 0.286. The van der Waals surface area contributed by atoms with Gasteiger partial charge in [0.15, 0.2) is 9.84 Å². The molecule has 2 aromatic heterocycles. The van der Waals surface area contributed by atoms with E-state index in [0.717, 1.165) is 29.8 Å². The van der Waals surface area contributed by atoms with Gasteiger partial charge in [-0.2, -0.15) is 0 Å². The summed E-state index contributed by atoms with van der Waals surface area (Å²) in [7, 11) is -3.26. The van der Waals surface area contributed by atoms with Gasteiger partial charge >= 0.3 is 0 Å². The van der Waals surface area contributed by atoms with E-state index in [2.05, 4.69) is 35.0 Å². The minimum absolute atomic E-state index is 0.0580.